The van der Waals surface area contributed by atoms with Crippen molar-refractivity contribution in [3.8, 4) is 0 Å². The van der Waals surface area contributed by atoms with Gasteiger partial charge >= 0.3 is 6.16 Å². The summed E-state index contributed by atoms with van der Waals surface area (Å²) in [7, 11) is 0. The lowest BCUT2D eigenvalue weighted by atomic mass is 9.96. The molecule has 12 heteroatoms. The van der Waals surface area contributed by atoms with Crippen molar-refractivity contribution in [3.05, 3.63) is 22.6 Å². The van der Waals surface area contributed by atoms with Gasteiger partial charge in [-0.05, 0) is 13.3 Å². The molecule has 2 aromatic rings. The summed E-state index contributed by atoms with van der Waals surface area (Å²) in [5.74, 6) is 0.599. The van der Waals surface area contributed by atoms with Crippen molar-refractivity contribution in [3.63, 3.8) is 0 Å². The van der Waals surface area contributed by atoms with E-state index in [9.17, 15) is 19.8 Å². The number of anilines is 2. The van der Waals surface area contributed by atoms with Gasteiger partial charge in [0, 0.05) is 23.3 Å². The molecule has 4 atom stereocenters. The minimum absolute atomic E-state index is 0.177. The third-order valence-corrected chi connectivity index (χ3v) is 5.78. The van der Waals surface area contributed by atoms with Gasteiger partial charge in [-0.25, -0.2) is 9.79 Å². The van der Waals surface area contributed by atoms with Gasteiger partial charge < -0.3 is 40.0 Å². The van der Waals surface area contributed by atoms with Gasteiger partial charge in [0.2, 0.25) is 0 Å². The van der Waals surface area contributed by atoms with Gasteiger partial charge in [-0.15, -0.1) is 0 Å². The van der Waals surface area contributed by atoms with Crippen molar-refractivity contribution >= 4 is 40.6 Å². The predicted molar refractivity (Wildman–Crippen MR) is 120 cm³/mol. The van der Waals surface area contributed by atoms with Crippen LogP contribution in [0.3, 0.4) is 0 Å². The molecule has 5 N–H and O–H groups in total. The Morgan fingerprint density at radius 3 is 2.94 bits per heavy atom. The normalized spacial score (nSPS) is 25.8. The van der Waals surface area contributed by atoms with E-state index in [4.69, 9.17) is 19.9 Å². The third kappa shape index (κ3) is 4.24. The van der Waals surface area contributed by atoms with E-state index in [1.165, 1.54) is 23.9 Å². The molecule has 1 fully saturated rings. The van der Waals surface area contributed by atoms with Crippen LogP contribution in [0.2, 0.25) is 0 Å². The molecule has 0 spiro atoms. The largest absolute Gasteiger partial charge is 0.508 e. The molecule has 1 saturated heterocycles. The van der Waals surface area contributed by atoms with Crippen LogP contribution in [-0.4, -0.2) is 63.3 Å². The first-order chi connectivity index (χ1) is 15.7. The molecule has 2 aliphatic rings. The molecule has 0 radical (unpaired) electrons. The maximum Gasteiger partial charge on any atom is 0.508 e. The molecule has 4 heterocycles. The van der Waals surface area contributed by atoms with E-state index in [1.807, 2.05) is 6.92 Å². The van der Waals surface area contributed by atoms with Gasteiger partial charge in [0.1, 0.15) is 36.1 Å². The van der Waals surface area contributed by atoms with Crippen LogP contribution >= 0.6 is 0 Å². The smallest absolute Gasteiger partial charge is 0.434 e. The molecule has 0 aromatic carbocycles. The Morgan fingerprint density at radius 1 is 1.39 bits per heavy atom. The fourth-order valence-corrected chi connectivity index (χ4v) is 4.02. The summed E-state index contributed by atoms with van der Waals surface area (Å²) in [5, 5.41) is 25.5. The minimum Gasteiger partial charge on any atom is -0.434 e. The minimum atomic E-state index is -1.76. The zero-order valence-electron chi connectivity index (χ0n) is 18.4. The van der Waals surface area contributed by atoms with Crippen LogP contribution in [0.5, 0.6) is 0 Å². The van der Waals surface area contributed by atoms with Crippen molar-refractivity contribution in [1.29, 1.82) is 0 Å². The number of hydrogen-bond donors (Lipinski definition) is 4. The molecule has 4 rings (SSSR count). The monoisotopic (exact) mass is 461 g/mol. The van der Waals surface area contributed by atoms with Gasteiger partial charge in [0.05, 0.1) is 18.3 Å². The number of nitrogens with one attached hydrogen (secondary N) is 1. The number of aliphatic hydroxyl groups excluding tert-OH is 1. The molecular weight excluding hydrogens is 434 g/mol. The summed E-state index contributed by atoms with van der Waals surface area (Å²) >= 11 is 0. The topological polar surface area (TPSA) is 171 Å². The zero-order chi connectivity index (χ0) is 23.8. The van der Waals surface area contributed by atoms with E-state index in [-0.39, 0.29) is 24.7 Å². The number of unbranched alkanes of at least 4 members (excludes halogenated alkanes) is 2. The molecule has 2 aromatic heterocycles. The lowest BCUT2D eigenvalue weighted by Crippen LogP contribution is -2.44. The van der Waals surface area contributed by atoms with Crippen LogP contribution in [-0.2, 0) is 14.2 Å². The summed E-state index contributed by atoms with van der Waals surface area (Å²) < 4.78 is 17.5. The third-order valence-electron chi connectivity index (χ3n) is 5.78. The molecule has 2 aliphatic heterocycles. The second kappa shape index (κ2) is 8.96. The molecule has 0 aliphatic carbocycles. The summed E-state index contributed by atoms with van der Waals surface area (Å²) in [6, 6.07) is 1.19. The van der Waals surface area contributed by atoms with E-state index in [2.05, 4.69) is 15.3 Å². The SMILES string of the molecule is CCCCCOC(=O)OCC1OC(n2cc3c(N)cc(=O)nc4c3c2N=CN4)C(C)(O)C1O. The second-order valence-corrected chi connectivity index (χ2v) is 8.26. The lowest BCUT2D eigenvalue weighted by molar-refractivity contribution is -0.0961. The number of nitrogens with zero attached hydrogens (tertiary/aromatic N) is 3. The molecule has 4 unspecified atom stereocenters. The Kier molecular flexibility index (Phi) is 6.23. The second-order valence-electron chi connectivity index (χ2n) is 8.26. The first kappa shape index (κ1) is 23.0. The number of aliphatic hydroxyl groups is 2. The standard InChI is InChI=1S/C21H27N5O7/c1-3-4-5-6-31-20(29)32-9-13-16(28)21(2,30)19(33-13)26-8-11-12(22)7-14(27)25-17-15(11)18(26)24-10-23-17/h7-8,10,13,16,19,28,30H,3-6,9,22H2,1-2H3,(H,23,24,25,27). The number of carbonyl (C=O) groups excluding carboxylic acids is 1. The predicted octanol–water partition coefficient (Wildman–Crippen LogP) is 1.42. The molecule has 12 nitrogen and oxygen atoms in total. The maximum absolute atomic E-state index is 11.9. The molecule has 0 bridgehead atoms. The zero-order valence-corrected chi connectivity index (χ0v) is 18.4. The van der Waals surface area contributed by atoms with E-state index in [0.29, 0.717) is 16.6 Å². The number of nitrogen functional groups attached to an aromatic ring is 1. The lowest BCUT2D eigenvalue weighted by Gasteiger charge is -2.28. The average molecular weight is 461 g/mol. The van der Waals surface area contributed by atoms with Crippen LogP contribution in [0, 0.1) is 0 Å². The van der Waals surface area contributed by atoms with E-state index in [0.717, 1.165) is 19.3 Å². The molecule has 0 amide bonds. The Morgan fingerprint density at radius 2 is 2.18 bits per heavy atom. The fraction of sp³-hybridized carbons (Fsp3) is 0.524. The number of aliphatic imine (C=N–C) groups is 1. The van der Waals surface area contributed by atoms with Gasteiger partial charge in [-0.3, -0.25) is 4.79 Å². The first-order valence-corrected chi connectivity index (χ1v) is 10.7. The van der Waals surface area contributed by atoms with Crippen LogP contribution in [0.4, 0.5) is 22.1 Å². The summed E-state index contributed by atoms with van der Waals surface area (Å²) in [6.07, 6.45) is 1.23. The number of hydrogen-bond acceptors (Lipinski definition) is 11. The van der Waals surface area contributed by atoms with Crippen molar-refractivity contribution in [1.82, 2.24) is 9.55 Å². The van der Waals surface area contributed by atoms with Crippen LogP contribution in [0.1, 0.15) is 39.3 Å². The molecular formula is C21H27N5O7. The van der Waals surface area contributed by atoms with Crippen molar-refractivity contribution in [2.24, 2.45) is 4.99 Å². The summed E-state index contributed by atoms with van der Waals surface area (Å²) in [5.41, 5.74) is 3.97. The van der Waals surface area contributed by atoms with Crippen molar-refractivity contribution < 1.29 is 29.2 Å². The first-order valence-electron chi connectivity index (χ1n) is 10.7. The molecule has 178 valence electrons. The average Bonchev–Trinajstić information content (AvgIpc) is 3.21. The molecule has 0 saturated carbocycles. The number of nitrogens with two attached hydrogens (primary N) is 1. The summed E-state index contributed by atoms with van der Waals surface area (Å²) in [6.45, 7) is 3.37. The number of rotatable bonds is 7. The van der Waals surface area contributed by atoms with E-state index >= 15 is 0 Å². The summed E-state index contributed by atoms with van der Waals surface area (Å²) in [4.78, 5) is 32.0. The maximum atomic E-state index is 11.9. The van der Waals surface area contributed by atoms with Gasteiger partial charge in [0.15, 0.2) is 6.23 Å². The Bertz CT molecular complexity index is 1150. The highest BCUT2D eigenvalue weighted by Gasteiger charge is 2.54. The van der Waals surface area contributed by atoms with Gasteiger partial charge in [-0.1, -0.05) is 19.8 Å². The highest BCUT2D eigenvalue weighted by atomic mass is 16.7. The van der Waals surface area contributed by atoms with E-state index < -0.39 is 35.8 Å². The van der Waals surface area contributed by atoms with Crippen molar-refractivity contribution in [2.75, 3.05) is 24.3 Å². The van der Waals surface area contributed by atoms with Gasteiger partial charge in [0.25, 0.3) is 5.56 Å². The number of carbonyl (C=O) groups is 1. The molecule has 33 heavy (non-hydrogen) atoms. The Labute approximate surface area is 189 Å². The number of aromatic nitrogens is 2. The Balaban J connectivity index is 1.58. The Hall–Kier alpha value is -3.22. The van der Waals surface area contributed by atoms with Crippen LogP contribution in [0.25, 0.3) is 10.8 Å². The fourth-order valence-electron chi connectivity index (χ4n) is 4.02. The van der Waals surface area contributed by atoms with Crippen LogP contribution < -0.4 is 16.6 Å². The highest BCUT2D eigenvalue weighted by molar-refractivity contribution is 6.10. The quantitative estimate of drug-likeness (QED) is 0.349. The van der Waals surface area contributed by atoms with Crippen molar-refractivity contribution in [2.45, 2.75) is 57.1 Å². The number of ether oxygens (including phenoxy) is 3. The highest BCUT2D eigenvalue weighted by Crippen LogP contribution is 2.45. The van der Waals surface area contributed by atoms with Crippen LogP contribution in [0.15, 0.2) is 22.1 Å². The van der Waals surface area contributed by atoms with Gasteiger partial charge in [-0.2, -0.15) is 4.98 Å². The van der Waals surface area contributed by atoms with E-state index in [1.54, 1.807) is 6.20 Å².